The molecule has 0 radical (unpaired) electrons. The van der Waals surface area contributed by atoms with E-state index in [0.29, 0.717) is 40.6 Å². The molecule has 4 rings (SSSR count). The molecule has 0 unspecified atom stereocenters. The third-order valence-electron chi connectivity index (χ3n) is 5.63. The zero-order chi connectivity index (χ0) is 22.7. The minimum atomic E-state index is -0.366. The van der Waals surface area contributed by atoms with Crippen LogP contribution < -0.4 is 15.0 Å². The van der Waals surface area contributed by atoms with E-state index in [-0.39, 0.29) is 17.7 Å². The molecule has 1 saturated heterocycles. The molecule has 0 saturated carbocycles. The number of piperidine rings is 1. The number of carbonyl (C=O) groups excluding carboxylic acids is 3. The van der Waals surface area contributed by atoms with Crippen LogP contribution in [0.15, 0.2) is 54.2 Å². The van der Waals surface area contributed by atoms with E-state index in [0.717, 1.165) is 32.4 Å². The number of anilines is 2. The Balaban J connectivity index is 1.78. The lowest BCUT2D eigenvalue weighted by Crippen LogP contribution is -2.37. The number of amides is 3. The Morgan fingerprint density at radius 2 is 1.66 bits per heavy atom. The molecule has 7 heteroatoms. The minimum Gasteiger partial charge on any atom is -0.492 e. The molecule has 0 atom stereocenters. The molecular formula is C25H27N3O4. The summed E-state index contributed by atoms with van der Waals surface area (Å²) in [7, 11) is 0. The topological polar surface area (TPSA) is 79.0 Å². The van der Waals surface area contributed by atoms with Gasteiger partial charge in [-0.3, -0.25) is 14.4 Å². The lowest BCUT2D eigenvalue weighted by Gasteiger charge is -2.29. The molecule has 7 nitrogen and oxygen atoms in total. The summed E-state index contributed by atoms with van der Waals surface area (Å²) >= 11 is 0. The maximum atomic E-state index is 13.7. The van der Waals surface area contributed by atoms with E-state index in [2.05, 4.69) is 5.32 Å². The number of imide groups is 1. The summed E-state index contributed by atoms with van der Waals surface area (Å²) < 4.78 is 5.70. The molecule has 2 heterocycles. The first-order chi connectivity index (χ1) is 15.5. The Hall–Kier alpha value is -3.61. The minimum absolute atomic E-state index is 0.170. The highest BCUT2D eigenvalue weighted by Crippen LogP contribution is 2.39. The largest absolute Gasteiger partial charge is 0.492 e. The van der Waals surface area contributed by atoms with Crippen LogP contribution in [0.2, 0.25) is 0 Å². The van der Waals surface area contributed by atoms with Gasteiger partial charge in [-0.25, -0.2) is 4.90 Å². The highest BCUT2D eigenvalue weighted by atomic mass is 16.5. The highest BCUT2D eigenvalue weighted by Gasteiger charge is 2.43. The van der Waals surface area contributed by atoms with Crippen LogP contribution in [-0.4, -0.2) is 42.3 Å². The molecule has 0 bridgehead atoms. The molecule has 2 aliphatic rings. The van der Waals surface area contributed by atoms with Crippen LogP contribution in [0.4, 0.5) is 11.4 Å². The predicted octanol–water partition coefficient (Wildman–Crippen LogP) is 3.81. The standard InChI is InChI=1S/C25H27N3O4/c1-3-32-21-10-6-5-9-20(21)28-24(30)22(18-11-13-19(14-12-18)26-17(2)29)23(25(28)31)27-15-7-4-8-16-27/h5-6,9-14H,3-4,7-8,15-16H2,1-2H3,(H,26,29). The Bertz CT molecular complexity index is 1070. The summed E-state index contributed by atoms with van der Waals surface area (Å²) in [6.07, 6.45) is 3.08. The van der Waals surface area contributed by atoms with Crippen LogP contribution in [0.3, 0.4) is 0 Å². The molecule has 3 amide bonds. The molecule has 2 aromatic rings. The summed E-state index contributed by atoms with van der Waals surface area (Å²) in [4.78, 5) is 42.0. The van der Waals surface area contributed by atoms with Crippen LogP contribution in [-0.2, 0) is 14.4 Å². The van der Waals surface area contributed by atoms with Crippen LogP contribution in [0.5, 0.6) is 5.75 Å². The van der Waals surface area contributed by atoms with Crippen molar-refractivity contribution < 1.29 is 19.1 Å². The second-order valence-electron chi connectivity index (χ2n) is 7.88. The van der Waals surface area contributed by atoms with Gasteiger partial charge in [0.1, 0.15) is 11.4 Å². The van der Waals surface area contributed by atoms with Gasteiger partial charge >= 0.3 is 0 Å². The van der Waals surface area contributed by atoms with Gasteiger partial charge in [0.25, 0.3) is 11.8 Å². The lowest BCUT2D eigenvalue weighted by molar-refractivity contribution is -0.121. The van der Waals surface area contributed by atoms with Gasteiger partial charge in [0.15, 0.2) is 0 Å². The van der Waals surface area contributed by atoms with E-state index in [1.807, 2.05) is 17.9 Å². The van der Waals surface area contributed by atoms with Crippen LogP contribution in [0.1, 0.15) is 38.7 Å². The molecule has 0 aromatic heterocycles. The molecule has 0 aliphatic carbocycles. The van der Waals surface area contributed by atoms with Gasteiger partial charge in [-0.2, -0.15) is 0 Å². The number of rotatable bonds is 6. The van der Waals surface area contributed by atoms with Crippen molar-refractivity contribution in [2.45, 2.75) is 33.1 Å². The van der Waals surface area contributed by atoms with Gasteiger partial charge in [-0.1, -0.05) is 24.3 Å². The number of benzene rings is 2. The van der Waals surface area contributed by atoms with Crippen molar-refractivity contribution >= 4 is 34.7 Å². The van der Waals surface area contributed by atoms with E-state index in [9.17, 15) is 14.4 Å². The van der Waals surface area contributed by atoms with Crippen molar-refractivity contribution in [1.82, 2.24) is 4.90 Å². The maximum absolute atomic E-state index is 13.7. The summed E-state index contributed by atoms with van der Waals surface area (Å²) in [5.74, 6) is -0.367. The van der Waals surface area contributed by atoms with E-state index >= 15 is 0 Å². The maximum Gasteiger partial charge on any atom is 0.282 e. The Morgan fingerprint density at radius 3 is 2.31 bits per heavy atom. The van der Waals surface area contributed by atoms with Crippen LogP contribution >= 0.6 is 0 Å². The van der Waals surface area contributed by atoms with Gasteiger partial charge in [0.05, 0.1) is 17.9 Å². The van der Waals surface area contributed by atoms with Crippen molar-refractivity contribution in [2.75, 3.05) is 29.9 Å². The fourth-order valence-electron chi connectivity index (χ4n) is 4.25. The van der Waals surface area contributed by atoms with E-state index in [1.54, 1.807) is 42.5 Å². The van der Waals surface area contributed by atoms with E-state index < -0.39 is 0 Å². The number of carbonyl (C=O) groups is 3. The number of nitrogens with one attached hydrogen (secondary N) is 1. The molecule has 0 spiro atoms. The number of ether oxygens (including phenoxy) is 1. The van der Waals surface area contributed by atoms with Crippen molar-refractivity contribution in [1.29, 1.82) is 0 Å². The molecule has 2 aromatic carbocycles. The molecular weight excluding hydrogens is 406 g/mol. The van der Waals surface area contributed by atoms with Gasteiger partial charge in [0, 0.05) is 25.7 Å². The molecule has 1 fully saturated rings. The first-order valence-electron chi connectivity index (χ1n) is 11.0. The fraction of sp³-hybridized carbons (Fsp3) is 0.320. The summed E-state index contributed by atoms with van der Waals surface area (Å²) in [5, 5.41) is 2.73. The number of likely N-dealkylation sites (tertiary alicyclic amines) is 1. The second kappa shape index (κ2) is 9.26. The Kier molecular flexibility index (Phi) is 6.25. The average molecular weight is 434 g/mol. The first-order valence-corrected chi connectivity index (χ1v) is 11.0. The smallest absolute Gasteiger partial charge is 0.282 e. The van der Waals surface area contributed by atoms with Crippen molar-refractivity contribution in [3.63, 3.8) is 0 Å². The van der Waals surface area contributed by atoms with Crippen molar-refractivity contribution in [3.05, 3.63) is 59.8 Å². The fourth-order valence-corrected chi connectivity index (χ4v) is 4.25. The first kappa shape index (κ1) is 21.6. The molecule has 2 aliphatic heterocycles. The molecule has 166 valence electrons. The SMILES string of the molecule is CCOc1ccccc1N1C(=O)C(c2ccc(NC(C)=O)cc2)=C(N2CCCCC2)C1=O. The van der Waals surface area contributed by atoms with Gasteiger partial charge in [-0.15, -0.1) is 0 Å². The zero-order valence-corrected chi connectivity index (χ0v) is 18.4. The molecule has 32 heavy (non-hydrogen) atoms. The van der Waals surface area contributed by atoms with Crippen LogP contribution in [0, 0.1) is 0 Å². The number of para-hydroxylation sites is 2. The van der Waals surface area contributed by atoms with Gasteiger partial charge in [0.2, 0.25) is 5.91 Å². The monoisotopic (exact) mass is 433 g/mol. The summed E-state index contributed by atoms with van der Waals surface area (Å²) in [5.41, 5.74) is 2.56. The zero-order valence-electron chi connectivity index (χ0n) is 18.4. The van der Waals surface area contributed by atoms with E-state index in [4.69, 9.17) is 4.74 Å². The summed E-state index contributed by atoms with van der Waals surface area (Å²) in [6, 6.07) is 14.1. The highest BCUT2D eigenvalue weighted by molar-refractivity contribution is 6.45. The van der Waals surface area contributed by atoms with Gasteiger partial charge in [-0.05, 0) is 56.0 Å². The third-order valence-corrected chi connectivity index (χ3v) is 5.63. The van der Waals surface area contributed by atoms with Gasteiger partial charge < -0.3 is 15.0 Å². The van der Waals surface area contributed by atoms with E-state index in [1.165, 1.54) is 11.8 Å². The normalized spacial score (nSPS) is 16.6. The average Bonchev–Trinajstić information content (AvgIpc) is 3.05. The Morgan fingerprint density at radius 1 is 0.969 bits per heavy atom. The second-order valence-corrected chi connectivity index (χ2v) is 7.88. The Labute approximate surface area is 187 Å². The number of hydrogen-bond acceptors (Lipinski definition) is 5. The lowest BCUT2D eigenvalue weighted by atomic mass is 10.0. The quantitative estimate of drug-likeness (QED) is 0.701. The predicted molar refractivity (Wildman–Crippen MR) is 123 cm³/mol. The molecule has 1 N–H and O–H groups in total. The summed E-state index contributed by atoms with van der Waals surface area (Å²) in [6.45, 7) is 5.21. The van der Waals surface area contributed by atoms with Crippen molar-refractivity contribution in [2.24, 2.45) is 0 Å². The number of nitrogens with zero attached hydrogens (tertiary/aromatic N) is 2. The third kappa shape index (κ3) is 4.10. The van der Waals surface area contributed by atoms with Crippen LogP contribution in [0.25, 0.3) is 5.57 Å². The van der Waals surface area contributed by atoms with Crippen molar-refractivity contribution in [3.8, 4) is 5.75 Å². The number of hydrogen-bond donors (Lipinski definition) is 1.